The van der Waals surface area contributed by atoms with Crippen molar-refractivity contribution in [3.8, 4) is 0 Å². The van der Waals surface area contributed by atoms with Gasteiger partial charge in [-0.25, -0.2) is 30.8 Å². The molecular formula is C37H40F4N6O6S2. The quantitative estimate of drug-likeness (QED) is 0.0512. The molecule has 1 aliphatic rings. The third-order valence-electron chi connectivity index (χ3n) is 8.49. The number of halogens is 4. The maximum Gasteiger partial charge on any atom is 0.394 e. The van der Waals surface area contributed by atoms with Crippen molar-refractivity contribution in [2.24, 2.45) is 4.99 Å². The zero-order valence-corrected chi connectivity index (χ0v) is 31.8. The number of nitrogens with zero attached hydrogens (tertiary/aromatic N) is 2. The van der Waals surface area contributed by atoms with Crippen molar-refractivity contribution in [2.45, 2.75) is 49.3 Å². The highest BCUT2D eigenvalue weighted by atomic mass is 32.2. The van der Waals surface area contributed by atoms with E-state index >= 15 is 4.39 Å². The van der Waals surface area contributed by atoms with Crippen LogP contribution in [0.25, 0.3) is 0 Å². The Bertz CT molecular complexity index is 2080. The van der Waals surface area contributed by atoms with Gasteiger partial charge in [0.15, 0.2) is 5.84 Å². The lowest BCUT2D eigenvalue weighted by Gasteiger charge is -2.35. The summed E-state index contributed by atoms with van der Waals surface area (Å²) in [4.78, 5) is 29.5. The Kier molecular flexibility index (Phi) is 15.2. The number of amidine groups is 1. The Hall–Kier alpha value is -5.04. The Morgan fingerprint density at radius 1 is 1.09 bits per heavy atom. The second-order valence-electron chi connectivity index (χ2n) is 12.1. The number of esters is 1. The van der Waals surface area contributed by atoms with Crippen LogP contribution in [0.1, 0.15) is 55.0 Å². The number of carbonyl (C=O) groups excluding carboxylic acids is 2. The van der Waals surface area contributed by atoms with E-state index in [9.17, 15) is 31.2 Å². The number of nitrogens with one attached hydrogen (secondary N) is 4. The standard InChI is InChI=1S/C37H40F4N6O6S2/c1-4-30(41)28(31(20-42)45-33(48)19-29(22-6-8-24(38)9-7-22)23-16-25(39)18-26(40)17-23)11-10-27-21-44-14-15-47(27)55(50,51)34-13-12-32(54-34)35(43)46-36(52-3)37(49)53-5-2/h4,6-9,12-13,16-18,20,27,29,42-44H,5,10-11,14-15,19,21H2,1-3H3,(H,45,48)/b30-4+,31-28+,42-20?,43-35?,46-36-/t27-,29-/m0/s1. The van der Waals surface area contributed by atoms with Gasteiger partial charge in [-0.15, -0.1) is 11.3 Å². The van der Waals surface area contributed by atoms with Crippen LogP contribution >= 0.6 is 11.3 Å². The lowest BCUT2D eigenvalue weighted by molar-refractivity contribution is -0.136. The largest absolute Gasteiger partial charge is 0.476 e. The van der Waals surface area contributed by atoms with E-state index < -0.39 is 75.3 Å². The van der Waals surface area contributed by atoms with E-state index in [1.807, 2.05) is 0 Å². The van der Waals surface area contributed by atoms with E-state index in [1.54, 1.807) is 6.92 Å². The first-order valence-corrected chi connectivity index (χ1v) is 19.3. The second-order valence-corrected chi connectivity index (χ2v) is 15.3. The van der Waals surface area contributed by atoms with Crippen molar-refractivity contribution >= 4 is 51.2 Å². The topological polar surface area (TPSA) is 174 Å². The van der Waals surface area contributed by atoms with Crippen molar-refractivity contribution in [3.05, 3.63) is 111 Å². The molecule has 0 saturated carbocycles. The molecule has 0 aliphatic carbocycles. The molecule has 1 aromatic heterocycles. The van der Waals surface area contributed by atoms with Crippen molar-refractivity contribution < 1.29 is 45.0 Å². The first-order valence-electron chi connectivity index (χ1n) is 17.0. The highest BCUT2D eigenvalue weighted by molar-refractivity contribution is 7.91. The Morgan fingerprint density at radius 3 is 2.40 bits per heavy atom. The van der Waals surface area contributed by atoms with E-state index in [-0.39, 0.29) is 58.5 Å². The molecular weight excluding hydrogens is 765 g/mol. The molecule has 0 unspecified atom stereocenters. The summed E-state index contributed by atoms with van der Waals surface area (Å²) in [5.41, 5.74) is 0.197. The number of sulfonamides is 1. The molecule has 2 heterocycles. The maximum absolute atomic E-state index is 15.5. The lowest BCUT2D eigenvalue weighted by Crippen LogP contribution is -2.53. The Labute approximate surface area is 320 Å². The summed E-state index contributed by atoms with van der Waals surface area (Å²) in [5, 5.41) is 22.0. The summed E-state index contributed by atoms with van der Waals surface area (Å²) in [6.45, 7) is 3.65. The fourth-order valence-corrected chi connectivity index (χ4v) is 8.87. The number of ether oxygens (including phenoxy) is 2. The summed E-state index contributed by atoms with van der Waals surface area (Å²) < 4.78 is 96.4. The van der Waals surface area contributed by atoms with Crippen molar-refractivity contribution in [3.63, 3.8) is 0 Å². The minimum absolute atomic E-state index is 0.0539. The molecule has 12 nitrogen and oxygen atoms in total. The summed E-state index contributed by atoms with van der Waals surface area (Å²) in [7, 11) is -2.96. The smallest absolute Gasteiger partial charge is 0.394 e. The van der Waals surface area contributed by atoms with E-state index in [0.29, 0.717) is 18.2 Å². The number of aliphatic imine (C=N–C) groups is 1. The van der Waals surface area contributed by atoms with Crippen LogP contribution in [0.2, 0.25) is 0 Å². The molecule has 4 N–H and O–H groups in total. The number of benzene rings is 2. The summed E-state index contributed by atoms with van der Waals surface area (Å²) >= 11 is 0.768. The minimum Gasteiger partial charge on any atom is -0.476 e. The molecule has 1 fully saturated rings. The monoisotopic (exact) mass is 804 g/mol. The highest BCUT2D eigenvalue weighted by Crippen LogP contribution is 2.32. The van der Waals surface area contributed by atoms with Gasteiger partial charge in [-0.1, -0.05) is 18.2 Å². The van der Waals surface area contributed by atoms with Crippen LogP contribution in [0.3, 0.4) is 0 Å². The normalized spacial score (nSPS) is 16.5. The summed E-state index contributed by atoms with van der Waals surface area (Å²) in [6, 6.07) is 9.84. The number of hydrogen-bond acceptors (Lipinski definition) is 10. The number of amides is 1. The molecule has 4 rings (SSSR count). The van der Waals surface area contributed by atoms with Crippen molar-refractivity contribution in [1.82, 2.24) is 14.9 Å². The summed E-state index contributed by atoms with van der Waals surface area (Å²) in [6.07, 6.45) is 1.43. The molecule has 0 spiro atoms. The molecule has 55 heavy (non-hydrogen) atoms. The zero-order valence-electron chi connectivity index (χ0n) is 30.1. The molecule has 294 valence electrons. The fourth-order valence-electron chi connectivity index (χ4n) is 5.88. The number of thiophene rings is 1. The average molecular weight is 805 g/mol. The van der Waals surface area contributed by atoms with Crippen LogP contribution < -0.4 is 10.6 Å². The number of rotatable bonds is 14. The van der Waals surface area contributed by atoms with Gasteiger partial charge in [0.2, 0.25) is 5.91 Å². The van der Waals surface area contributed by atoms with Crippen molar-refractivity contribution in [1.29, 1.82) is 10.8 Å². The van der Waals surface area contributed by atoms with Gasteiger partial charge < -0.3 is 25.5 Å². The number of allylic oxidation sites excluding steroid dienone is 4. The SMILES string of the molecule is C/C=C(F)\C(CC[C@H]1CNCCN1S(=O)(=O)c1ccc(C(=N)/N=C(\OC)C(=O)OCC)s1)=C(/C=N)NC(=O)C[C@@H](c1ccc(F)cc1)c1cc(F)cc(F)c1. The van der Waals surface area contributed by atoms with E-state index in [4.69, 9.17) is 20.3 Å². The van der Waals surface area contributed by atoms with Crippen LogP contribution in [-0.4, -0.2) is 81.9 Å². The molecule has 2 atom stereocenters. The predicted molar refractivity (Wildman–Crippen MR) is 200 cm³/mol. The summed E-state index contributed by atoms with van der Waals surface area (Å²) in [5.74, 6) is -6.53. The third kappa shape index (κ3) is 11.0. The molecule has 0 bridgehead atoms. The molecule has 3 aromatic rings. The first kappa shape index (κ1) is 42.7. The Balaban J connectivity index is 1.56. The molecule has 1 amide bonds. The highest BCUT2D eigenvalue weighted by Gasteiger charge is 2.35. The second kappa shape index (κ2) is 19.5. The third-order valence-corrected chi connectivity index (χ3v) is 12.0. The minimum atomic E-state index is -4.15. The van der Waals surface area contributed by atoms with Gasteiger partial charge in [0.25, 0.3) is 10.0 Å². The van der Waals surface area contributed by atoms with Gasteiger partial charge in [-0.05, 0) is 74.2 Å². The molecule has 18 heteroatoms. The van der Waals surface area contributed by atoms with E-state index in [0.717, 1.165) is 47.9 Å². The number of piperazine rings is 1. The van der Waals surface area contributed by atoms with Crippen molar-refractivity contribution in [2.75, 3.05) is 33.4 Å². The lowest BCUT2D eigenvalue weighted by atomic mass is 9.88. The zero-order chi connectivity index (χ0) is 40.3. The van der Waals surface area contributed by atoms with Crippen LogP contribution in [0, 0.1) is 28.3 Å². The van der Waals surface area contributed by atoms with Crippen LogP contribution in [-0.2, 0) is 29.1 Å². The number of hydrogen-bond donors (Lipinski definition) is 4. The van der Waals surface area contributed by atoms with E-state index in [2.05, 4.69) is 15.6 Å². The van der Waals surface area contributed by atoms with Gasteiger partial charge in [0.05, 0.1) is 24.3 Å². The molecule has 2 aromatic carbocycles. The average Bonchev–Trinajstić information content (AvgIpc) is 3.67. The van der Waals surface area contributed by atoms with Crippen LogP contribution in [0.5, 0.6) is 0 Å². The maximum atomic E-state index is 15.5. The molecule has 1 saturated heterocycles. The van der Waals surface area contributed by atoms with Gasteiger partial charge in [-0.3, -0.25) is 10.2 Å². The van der Waals surface area contributed by atoms with E-state index in [1.165, 1.54) is 42.6 Å². The number of methoxy groups -OCH3 is 1. The van der Waals surface area contributed by atoms with Gasteiger partial charge in [0, 0.05) is 55.9 Å². The van der Waals surface area contributed by atoms with Gasteiger partial charge in [-0.2, -0.15) is 9.30 Å². The predicted octanol–water partition coefficient (Wildman–Crippen LogP) is 5.96. The Morgan fingerprint density at radius 2 is 1.78 bits per heavy atom. The molecule has 0 radical (unpaired) electrons. The first-order chi connectivity index (χ1) is 26.2. The molecule has 1 aliphatic heterocycles. The number of carbonyl (C=O) groups is 2. The van der Waals surface area contributed by atoms with Crippen LogP contribution in [0.15, 0.2) is 87.0 Å². The van der Waals surface area contributed by atoms with Gasteiger partial charge in [0.1, 0.15) is 27.5 Å². The van der Waals surface area contributed by atoms with Crippen LogP contribution in [0.4, 0.5) is 17.6 Å². The fraction of sp³-hybridized carbons (Fsp3) is 0.324. The van der Waals surface area contributed by atoms with Gasteiger partial charge >= 0.3 is 11.9 Å².